The Labute approximate surface area is 152 Å². The molecule has 1 saturated heterocycles. The molecule has 1 unspecified atom stereocenters. The van der Waals surface area contributed by atoms with E-state index < -0.39 is 6.04 Å². The second kappa shape index (κ2) is 6.67. The third-order valence-corrected chi connectivity index (χ3v) is 4.97. The van der Waals surface area contributed by atoms with Crippen LogP contribution in [-0.4, -0.2) is 40.4 Å². The molecule has 0 bridgehead atoms. The van der Waals surface area contributed by atoms with Crippen LogP contribution < -0.4 is 5.32 Å². The first-order valence-corrected chi connectivity index (χ1v) is 8.85. The molecule has 1 N–H and O–H groups in total. The number of amides is 2. The van der Waals surface area contributed by atoms with E-state index in [0.717, 1.165) is 10.9 Å². The van der Waals surface area contributed by atoms with E-state index in [2.05, 4.69) is 22.0 Å². The van der Waals surface area contributed by atoms with Crippen LogP contribution in [-0.2, 0) is 11.3 Å². The Hall–Kier alpha value is -3.08. The molecule has 1 aliphatic rings. The van der Waals surface area contributed by atoms with E-state index in [1.807, 2.05) is 48.7 Å². The average Bonchev–Trinajstić information content (AvgIpc) is 3.03. The highest BCUT2D eigenvalue weighted by Crippen LogP contribution is 2.25. The van der Waals surface area contributed by atoms with Crippen LogP contribution in [0.15, 0.2) is 60.8 Å². The van der Waals surface area contributed by atoms with Crippen molar-refractivity contribution >= 4 is 22.7 Å². The normalized spacial score (nSPS) is 17.3. The van der Waals surface area contributed by atoms with Crippen molar-refractivity contribution in [1.82, 2.24) is 14.8 Å². The van der Waals surface area contributed by atoms with Gasteiger partial charge in [-0.2, -0.15) is 0 Å². The van der Waals surface area contributed by atoms with Crippen LogP contribution in [0.3, 0.4) is 0 Å². The van der Waals surface area contributed by atoms with E-state index in [-0.39, 0.29) is 11.8 Å². The number of nitrogens with one attached hydrogen (secondary N) is 1. The maximum absolute atomic E-state index is 13.2. The van der Waals surface area contributed by atoms with Crippen LogP contribution in [0.25, 0.3) is 10.9 Å². The molecular weight excluding hydrogens is 326 g/mol. The summed E-state index contributed by atoms with van der Waals surface area (Å²) >= 11 is 0. The lowest BCUT2D eigenvalue weighted by Gasteiger charge is -2.32. The highest BCUT2D eigenvalue weighted by Gasteiger charge is 2.31. The number of nitrogens with zero attached hydrogens (tertiary/aromatic N) is 2. The summed E-state index contributed by atoms with van der Waals surface area (Å²) in [6.07, 6.45) is 1.92. The first-order valence-electron chi connectivity index (χ1n) is 8.85. The number of benzene rings is 2. The van der Waals surface area contributed by atoms with Gasteiger partial charge in [0.1, 0.15) is 6.04 Å². The van der Waals surface area contributed by atoms with Gasteiger partial charge in [0.15, 0.2) is 0 Å². The fourth-order valence-corrected chi connectivity index (χ4v) is 3.54. The van der Waals surface area contributed by atoms with E-state index in [0.29, 0.717) is 25.2 Å². The smallest absolute Gasteiger partial charge is 0.256 e. The minimum absolute atomic E-state index is 0.0876. The summed E-state index contributed by atoms with van der Waals surface area (Å²) in [6, 6.07) is 17.7. The zero-order valence-corrected chi connectivity index (χ0v) is 14.7. The Morgan fingerprint density at radius 1 is 1.12 bits per heavy atom. The van der Waals surface area contributed by atoms with Crippen LogP contribution in [0.5, 0.6) is 0 Å². The zero-order valence-electron chi connectivity index (χ0n) is 14.7. The molecule has 1 atom stereocenters. The fraction of sp³-hybridized carbons (Fsp3) is 0.238. The maximum Gasteiger partial charge on any atom is 0.256 e. The summed E-state index contributed by atoms with van der Waals surface area (Å²) in [7, 11) is 0. The number of rotatable bonds is 3. The van der Waals surface area contributed by atoms with Gasteiger partial charge in [-0.25, -0.2) is 0 Å². The SMILES string of the molecule is CC1C(=O)NCCN1C(=O)c1cn(Cc2ccccc2)c2ccccc12. The molecule has 3 aromatic rings. The number of hydrogen-bond donors (Lipinski definition) is 1. The molecule has 2 amide bonds. The Morgan fingerprint density at radius 3 is 2.65 bits per heavy atom. The van der Waals surface area contributed by atoms with Gasteiger partial charge >= 0.3 is 0 Å². The summed E-state index contributed by atoms with van der Waals surface area (Å²) in [5.41, 5.74) is 2.85. The third-order valence-electron chi connectivity index (χ3n) is 4.97. The molecule has 0 aliphatic carbocycles. The number of para-hydroxylation sites is 1. The van der Waals surface area contributed by atoms with Gasteiger partial charge in [0.05, 0.1) is 5.56 Å². The molecule has 26 heavy (non-hydrogen) atoms. The van der Waals surface area contributed by atoms with Gasteiger partial charge in [-0.15, -0.1) is 0 Å². The molecule has 132 valence electrons. The fourth-order valence-electron chi connectivity index (χ4n) is 3.54. The Morgan fingerprint density at radius 2 is 1.85 bits per heavy atom. The molecule has 0 spiro atoms. The topological polar surface area (TPSA) is 54.3 Å². The molecule has 2 aromatic carbocycles. The largest absolute Gasteiger partial charge is 0.353 e. The molecule has 1 aromatic heterocycles. The van der Waals surface area contributed by atoms with E-state index in [1.165, 1.54) is 5.56 Å². The van der Waals surface area contributed by atoms with Gasteiger partial charge < -0.3 is 14.8 Å². The lowest BCUT2D eigenvalue weighted by atomic mass is 10.1. The molecule has 0 saturated carbocycles. The van der Waals surface area contributed by atoms with Gasteiger partial charge in [0, 0.05) is 36.7 Å². The summed E-state index contributed by atoms with van der Waals surface area (Å²) in [6.45, 7) is 3.50. The number of aromatic nitrogens is 1. The zero-order chi connectivity index (χ0) is 18.1. The first kappa shape index (κ1) is 16.4. The van der Waals surface area contributed by atoms with Crippen LogP contribution in [0.1, 0.15) is 22.8 Å². The minimum atomic E-state index is -0.451. The van der Waals surface area contributed by atoms with Crippen LogP contribution in [0, 0.1) is 0 Å². The molecule has 1 fully saturated rings. The van der Waals surface area contributed by atoms with Crippen molar-refractivity contribution in [3.8, 4) is 0 Å². The highest BCUT2D eigenvalue weighted by molar-refractivity contribution is 6.08. The van der Waals surface area contributed by atoms with E-state index in [9.17, 15) is 9.59 Å². The monoisotopic (exact) mass is 347 g/mol. The van der Waals surface area contributed by atoms with Crippen molar-refractivity contribution in [3.63, 3.8) is 0 Å². The molecular formula is C21H21N3O2. The second-order valence-electron chi connectivity index (χ2n) is 6.64. The summed E-state index contributed by atoms with van der Waals surface area (Å²) < 4.78 is 2.10. The number of piperazine rings is 1. The standard InChI is InChI=1S/C21H21N3O2/c1-15-20(25)22-11-12-24(15)21(26)18-14-23(13-16-7-3-2-4-8-16)19-10-6-5-9-17(18)19/h2-10,14-15H,11-13H2,1H3,(H,22,25). The number of carbonyl (C=O) groups is 2. The molecule has 5 heteroatoms. The molecule has 5 nitrogen and oxygen atoms in total. The number of carbonyl (C=O) groups excluding carboxylic acids is 2. The molecule has 2 heterocycles. The molecule has 0 radical (unpaired) electrons. The lowest BCUT2D eigenvalue weighted by Crippen LogP contribution is -2.55. The first-order chi connectivity index (χ1) is 12.6. The Bertz CT molecular complexity index is 962. The predicted octanol–water partition coefficient (Wildman–Crippen LogP) is 2.65. The van der Waals surface area contributed by atoms with E-state index in [1.54, 1.807) is 11.8 Å². The van der Waals surface area contributed by atoms with Crippen LogP contribution in [0.2, 0.25) is 0 Å². The van der Waals surface area contributed by atoms with Crippen molar-refractivity contribution in [2.75, 3.05) is 13.1 Å². The summed E-state index contributed by atoms with van der Waals surface area (Å²) in [5, 5.41) is 3.73. The quantitative estimate of drug-likeness (QED) is 0.792. The molecule has 4 rings (SSSR count). The van der Waals surface area contributed by atoms with Gasteiger partial charge in [-0.1, -0.05) is 48.5 Å². The van der Waals surface area contributed by atoms with Crippen molar-refractivity contribution in [3.05, 3.63) is 71.9 Å². The number of fused-ring (bicyclic) bond motifs is 1. The van der Waals surface area contributed by atoms with Gasteiger partial charge in [0.25, 0.3) is 5.91 Å². The van der Waals surface area contributed by atoms with Crippen molar-refractivity contribution in [1.29, 1.82) is 0 Å². The van der Waals surface area contributed by atoms with Crippen molar-refractivity contribution in [2.45, 2.75) is 19.5 Å². The average molecular weight is 347 g/mol. The predicted molar refractivity (Wildman–Crippen MR) is 101 cm³/mol. The van der Waals surface area contributed by atoms with E-state index >= 15 is 0 Å². The third kappa shape index (κ3) is 2.86. The Kier molecular flexibility index (Phi) is 4.21. The summed E-state index contributed by atoms with van der Waals surface area (Å²) in [5.74, 6) is -0.187. The van der Waals surface area contributed by atoms with Crippen molar-refractivity contribution in [2.24, 2.45) is 0 Å². The lowest BCUT2D eigenvalue weighted by molar-refractivity contribution is -0.127. The maximum atomic E-state index is 13.2. The van der Waals surface area contributed by atoms with Gasteiger partial charge in [-0.05, 0) is 18.6 Å². The van der Waals surface area contributed by atoms with Crippen LogP contribution >= 0.6 is 0 Å². The van der Waals surface area contributed by atoms with E-state index in [4.69, 9.17) is 0 Å². The van der Waals surface area contributed by atoms with Gasteiger partial charge in [-0.3, -0.25) is 9.59 Å². The van der Waals surface area contributed by atoms with Crippen molar-refractivity contribution < 1.29 is 9.59 Å². The van der Waals surface area contributed by atoms with Gasteiger partial charge in [0.2, 0.25) is 5.91 Å². The summed E-state index contributed by atoms with van der Waals surface area (Å²) in [4.78, 5) is 26.8. The second-order valence-corrected chi connectivity index (χ2v) is 6.64. The minimum Gasteiger partial charge on any atom is -0.353 e. The van der Waals surface area contributed by atoms with Crippen LogP contribution in [0.4, 0.5) is 0 Å². The Balaban J connectivity index is 1.73. The molecule has 1 aliphatic heterocycles. The number of hydrogen-bond acceptors (Lipinski definition) is 2. The highest BCUT2D eigenvalue weighted by atomic mass is 16.2.